The van der Waals surface area contributed by atoms with Gasteiger partial charge in [-0.3, -0.25) is 4.98 Å². The topological polar surface area (TPSA) is 114 Å². The molecule has 3 heterocycles. The molecule has 25 heavy (non-hydrogen) atoms. The van der Waals surface area contributed by atoms with E-state index < -0.39 is 11.6 Å². The predicted octanol–water partition coefficient (Wildman–Crippen LogP) is 1.04. The Morgan fingerprint density at radius 2 is 2.04 bits per heavy atom. The lowest BCUT2D eigenvalue weighted by Gasteiger charge is -2.37. The number of pyridine rings is 1. The number of carbonyl (C=O) groups excluding carboxylic acids is 1. The summed E-state index contributed by atoms with van der Waals surface area (Å²) in [5.74, 6) is -0.00142. The highest BCUT2D eigenvalue weighted by Gasteiger charge is 2.36. The number of aryl methyl sites for hydroxylation is 1. The van der Waals surface area contributed by atoms with E-state index in [1.807, 2.05) is 24.0 Å². The Bertz CT molecular complexity index is 770. The van der Waals surface area contributed by atoms with Crippen LogP contribution in [0.25, 0.3) is 0 Å². The molecule has 0 unspecified atom stereocenters. The molecule has 8 heteroatoms. The maximum Gasteiger partial charge on any atom is 0.356 e. The molecule has 1 aliphatic heterocycles. The standard InChI is InChI=1S/C17H21N5O3/c1-11-3-4-13(19-10-11)17(24)5-7-22(8-6-17)16-20-12(15(23)25-2)9-14(18)21-16/h3-4,9-10,24H,5-8H2,1-2H3,(H2,18,20,21). The number of aliphatic hydroxyl groups is 1. The number of nitrogens with two attached hydrogens (primary N) is 1. The van der Waals surface area contributed by atoms with Crippen LogP contribution < -0.4 is 10.6 Å². The number of hydrogen-bond acceptors (Lipinski definition) is 8. The molecule has 2 aromatic rings. The van der Waals surface area contributed by atoms with Crippen molar-refractivity contribution >= 4 is 17.7 Å². The minimum atomic E-state index is -0.976. The fraction of sp³-hybridized carbons (Fsp3) is 0.412. The minimum Gasteiger partial charge on any atom is -0.464 e. The summed E-state index contributed by atoms with van der Waals surface area (Å²) < 4.78 is 4.68. The normalized spacial score (nSPS) is 16.5. The first-order valence-corrected chi connectivity index (χ1v) is 8.04. The van der Waals surface area contributed by atoms with Crippen molar-refractivity contribution in [1.82, 2.24) is 15.0 Å². The van der Waals surface area contributed by atoms with Gasteiger partial charge < -0.3 is 20.5 Å². The molecule has 0 atom stereocenters. The summed E-state index contributed by atoms with van der Waals surface area (Å²) in [5.41, 5.74) is 6.63. The van der Waals surface area contributed by atoms with Crippen molar-refractivity contribution in [3.8, 4) is 0 Å². The van der Waals surface area contributed by atoms with Crippen LogP contribution in [0.1, 0.15) is 34.6 Å². The molecule has 0 aromatic carbocycles. The zero-order valence-corrected chi connectivity index (χ0v) is 14.3. The van der Waals surface area contributed by atoms with Gasteiger partial charge in [0.15, 0.2) is 5.69 Å². The highest BCUT2D eigenvalue weighted by molar-refractivity contribution is 5.88. The van der Waals surface area contributed by atoms with Crippen LogP contribution >= 0.6 is 0 Å². The van der Waals surface area contributed by atoms with Crippen molar-refractivity contribution in [3.05, 3.63) is 41.3 Å². The van der Waals surface area contributed by atoms with Crippen LogP contribution in [0.3, 0.4) is 0 Å². The predicted molar refractivity (Wildman–Crippen MR) is 92.1 cm³/mol. The summed E-state index contributed by atoms with van der Waals surface area (Å²) in [5, 5.41) is 10.9. The van der Waals surface area contributed by atoms with E-state index in [0.717, 1.165) is 5.56 Å². The van der Waals surface area contributed by atoms with Gasteiger partial charge in [-0.25, -0.2) is 9.78 Å². The maximum absolute atomic E-state index is 11.7. The first kappa shape index (κ1) is 17.1. The van der Waals surface area contributed by atoms with E-state index in [-0.39, 0.29) is 11.5 Å². The van der Waals surface area contributed by atoms with Gasteiger partial charge >= 0.3 is 5.97 Å². The second-order valence-electron chi connectivity index (χ2n) is 6.21. The average molecular weight is 343 g/mol. The van der Waals surface area contributed by atoms with E-state index in [4.69, 9.17) is 5.73 Å². The molecule has 0 saturated carbocycles. The summed E-state index contributed by atoms with van der Waals surface area (Å²) in [6, 6.07) is 5.18. The first-order chi connectivity index (χ1) is 11.9. The average Bonchev–Trinajstić information content (AvgIpc) is 2.61. The Kier molecular flexibility index (Phi) is 4.54. The van der Waals surface area contributed by atoms with Gasteiger partial charge in [-0.05, 0) is 31.4 Å². The Hall–Kier alpha value is -2.74. The second-order valence-corrected chi connectivity index (χ2v) is 6.21. The molecule has 3 N–H and O–H groups in total. The van der Waals surface area contributed by atoms with E-state index in [1.165, 1.54) is 13.2 Å². The van der Waals surface area contributed by atoms with Crippen molar-refractivity contribution in [2.45, 2.75) is 25.4 Å². The van der Waals surface area contributed by atoms with Crippen LogP contribution in [0.4, 0.5) is 11.8 Å². The second kappa shape index (κ2) is 6.64. The minimum absolute atomic E-state index is 0.117. The van der Waals surface area contributed by atoms with Crippen molar-refractivity contribution in [2.75, 3.05) is 30.8 Å². The molecular weight excluding hydrogens is 322 g/mol. The molecule has 0 radical (unpaired) electrons. The molecule has 8 nitrogen and oxygen atoms in total. The SMILES string of the molecule is COC(=O)c1cc(N)nc(N2CCC(O)(c3ccc(C)cn3)CC2)n1. The number of esters is 1. The van der Waals surface area contributed by atoms with Gasteiger partial charge in [-0.1, -0.05) is 6.07 Å². The molecule has 1 fully saturated rings. The number of ether oxygens (including phenoxy) is 1. The smallest absolute Gasteiger partial charge is 0.356 e. The number of nitrogen functional groups attached to an aromatic ring is 1. The number of aromatic nitrogens is 3. The third-order valence-electron chi connectivity index (χ3n) is 4.39. The van der Waals surface area contributed by atoms with Gasteiger partial charge in [0.1, 0.15) is 11.4 Å². The molecule has 0 spiro atoms. The van der Waals surface area contributed by atoms with Crippen molar-refractivity contribution in [2.24, 2.45) is 0 Å². The molecule has 0 bridgehead atoms. The van der Waals surface area contributed by atoms with Crippen LogP contribution in [-0.2, 0) is 10.3 Å². The largest absolute Gasteiger partial charge is 0.464 e. The number of anilines is 2. The molecule has 132 valence electrons. The molecule has 0 amide bonds. The van der Waals surface area contributed by atoms with E-state index in [2.05, 4.69) is 19.7 Å². The quantitative estimate of drug-likeness (QED) is 0.795. The van der Waals surface area contributed by atoms with Crippen LogP contribution in [0.5, 0.6) is 0 Å². The van der Waals surface area contributed by atoms with Crippen molar-refractivity contribution in [3.63, 3.8) is 0 Å². The van der Waals surface area contributed by atoms with Gasteiger partial charge in [0, 0.05) is 25.4 Å². The summed E-state index contributed by atoms with van der Waals surface area (Å²) in [6.07, 6.45) is 2.72. The number of methoxy groups -OCH3 is 1. The van der Waals surface area contributed by atoms with E-state index in [9.17, 15) is 9.90 Å². The van der Waals surface area contributed by atoms with Gasteiger partial charge in [-0.2, -0.15) is 4.98 Å². The maximum atomic E-state index is 11.7. The zero-order valence-electron chi connectivity index (χ0n) is 14.3. The highest BCUT2D eigenvalue weighted by Crippen LogP contribution is 2.32. The van der Waals surface area contributed by atoms with Gasteiger partial charge in [0.05, 0.1) is 12.8 Å². The number of carbonyl (C=O) groups is 1. The first-order valence-electron chi connectivity index (χ1n) is 8.04. The summed E-state index contributed by atoms with van der Waals surface area (Å²) in [4.78, 5) is 26.3. The van der Waals surface area contributed by atoms with Crippen molar-refractivity contribution < 1.29 is 14.6 Å². The number of hydrogen-bond donors (Lipinski definition) is 2. The van der Waals surface area contributed by atoms with E-state index in [1.54, 1.807) is 6.20 Å². The van der Waals surface area contributed by atoms with E-state index >= 15 is 0 Å². The number of rotatable bonds is 3. The Labute approximate surface area is 145 Å². The van der Waals surface area contributed by atoms with Crippen LogP contribution in [0.2, 0.25) is 0 Å². The number of nitrogens with zero attached hydrogens (tertiary/aromatic N) is 4. The third kappa shape index (κ3) is 3.53. The van der Waals surface area contributed by atoms with Gasteiger partial charge in [0.2, 0.25) is 5.95 Å². The molecule has 3 rings (SSSR count). The Balaban J connectivity index is 1.77. The molecular formula is C17H21N5O3. The Morgan fingerprint density at radius 3 is 2.64 bits per heavy atom. The lowest BCUT2D eigenvalue weighted by atomic mass is 9.87. The monoisotopic (exact) mass is 343 g/mol. The van der Waals surface area contributed by atoms with Gasteiger partial charge in [0.25, 0.3) is 0 Å². The lowest BCUT2D eigenvalue weighted by molar-refractivity contribution is 0.00733. The van der Waals surface area contributed by atoms with Crippen molar-refractivity contribution in [1.29, 1.82) is 0 Å². The fourth-order valence-corrected chi connectivity index (χ4v) is 2.88. The Morgan fingerprint density at radius 1 is 1.32 bits per heavy atom. The summed E-state index contributed by atoms with van der Waals surface area (Å²) in [7, 11) is 1.29. The van der Waals surface area contributed by atoms with Crippen LogP contribution in [0.15, 0.2) is 24.4 Å². The van der Waals surface area contributed by atoms with E-state index in [0.29, 0.717) is 37.6 Å². The molecule has 0 aliphatic carbocycles. The zero-order chi connectivity index (χ0) is 18.0. The summed E-state index contributed by atoms with van der Waals surface area (Å²) in [6.45, 7) is 3.01. The molecule has 2 aromatic heterocycles. The molecule has 1 aliphatic rings. The lowest BCUT2D eigenvalue weighted by Crippen LogP contribution is -2.43. The molecule has 1 saturated heterocycles. The van der Waals surface area contributed by atoms with Crippen LogP contribution in [-0.4, -0.2) is 46.2 Å². The number of piperidine rings is 1. The fourth-order valence-electron chi connectivity index (χ4n) is 2.88. The van der Waals surface area contributed by atoms with Crippen LogP contribution in [0, 0.1) is 6.92 Å². The highest BCUT2D eigenvalue weighted by atomic mass is 16.5. The van der Waals surface area contributed by atoms with Gasteiger partial charge in [-0.15, -0.1) is 0 Å². The summed E-state index contributed by atoms with van der Waals surface area (Å²) >= 11 is 0. The third-order valence-corrected chi connectivity index (χ3v) is 4.39.